The van der Waals surface area contributed by atoms with E-state index in [0.717, 1.165) is 36.8 Å². The Morgan fingerprint density at radius 3 is 1.59 bits per heavy atom. The van der Waals surface area contributed by atoms with E-state index in [2.05, 4.69) is 73.0 Å². The molecular weight excluding hydrogens is 837 g/mol. The number of nitrogens with zero attached hydrogens (tertiary/aromatic N) is 2. The van der Waals surface area contributed by atoms with Gasteiger partial charge in [0.05, 0.1) is 56.3 Å². The Morgan fingerprint density at radius 1 is 0.698 bits per heavy atom. The largest absolute Gasteiger partial charge is 0.493 e. The fourth-order valence-electron chi connectivity index (χ4n) is 7.30. The molecule has 0 spiro atoms. The normalized spacial score (nSPS) is 17.1. The van der Waals surface area contributed by atoms with Gasteiger partial charge in [-0.3, -0.25) is 14.9 Å². The maximum atomic E-state index is 14.1. The molecule has 0 radical (unpaired) electrons. The molecule has 2 fully saturated rings. The van der Waals surface area contributed by atoms with E-state index in [1.807, 2.05) is 29.2 Å². The molecule has 14 nitrogen and oxygen atoms in total. The number of ether oxygens (including phenoxy) is 4. The van der Waals surface area contributed by atoms with Crippen molar-refractivity contribution in [1.82, 2.24) is 9.80 Å². The van der Waals surface area contributed by atoms with E-state index in [0.29, 0.717) is 49.1 Å². The van der Waals surface area contributed by atoms with E-state index in [-0.39, 0.29) is 69.9 Å². The minimum absolute atomic E-state index is 0.0245. The van der Waals surface area contributed by atoms with Crippen molar-refractivity contribution in [3.05, 3.63) is 70.8 Å². The Hall–Kier alpha value is -4.78. The van der Waals surface area contributed by atoms with Crippen LogP contribution in [-0.4, -0.2) is 102 Å². The Balaban J connectivity index is 1.26. The Morgan fingerprint density at radius 2 is 1.14 bits per heavy atom. The molecule has 3 amide bonds. The molecule has 2 aliphatic rings. The summed E-state index contributed by atoms with van der Waals surface area (Å²) in [7, 11) is -1.04. The summed E-state index contributed by atoms with van der Waals surface area (Å²) in [5.41, 5.74) is 9.07. The van der Waals surface area contributed by atoms with Crippen LogP contribution in [0.15, 0.2) is 48.5 Å². The Bertz CT molecular complexity index is 2120. The molecule has 3 aromatic rings. The number of hydrogen-bond acceptors (Lipinski definition) is 10. The first-order valence-electron chi connectivity index (χ1n) is 21.9. The number of amides is 3. The molecule has 0 unspecified atom stereocenters. The van der Waals surface area contributed by atoms with Crippen LogP contribution in [0.25, 0.3) is 0 Å². The van der Waals surface area contributed by atoms with Gasteiger partial charge in [0.2, 0.25) is 0 Å². The number of nitrogens with two attached hydrogens (primary N) is 1. The molecular formula is C47H70N4O10Si2. The van der Waals surface area contributed by atoms with Crippen molar-refractivity contribution in [3.8, 4) is 23.0 Å². The van der Waals surface area contributed by atoms with Gasteiger partial charge in [-0.05, 0) is 91.3 Å². The lowest BCUT2D eigenvalue weighted by Gasteiger charge is -2.38. The van der Waals surface area contributed by atoms with Gasteiger partial charge in [0.1, 0.15) is 13.2 Å². The van der Waals surface area contributed by atoms with Gasteiger partial charge in [-0.15, -0.1) is 0 Å². The molecule has 16 heteroatoms. The van der Waals surface area contributed by atoms with Crippen molar-refractivity contribution in [3.63, 3.8) is 0 Å². The first kappa shape index (κ1) is 49.2. The third-order valence-corrected chi connectivity index (χ3v) is 22.3. The highest BCUT2D eigenvalue weighted by molar-refractivity contribution is 6.74. The van der Waals surface area contributed by atoms with Gasteiger partial charge < -0.3 is 48.4 Å². The molecule has 346 valence electrons. The van der Waals surface area contributed by atoms with Crippen LogP contribution < -0.4 is 30.0 Å². The van der Waals surface area contributed by atoms with Gasteiger partial charge >= 0.3 is 6.09 Å². The number of hydrogen-bond donors (Lipinski definition) is 3. The minimum atomic E-state index is -2.05. The number of carboxylic acid groups (broad SMARTS) is 1. The highest BCUT2D eigenvalue weighted by atomic mass is 28.4. The monoisotopic (exact) mass is 906 g/mol. The lowest BCUT2D eigenvalue weighted by atomic mass is 10.1. The third-order valence-electron chi connectivity index (χ3n) is 13.3. The third kappa shape index (κ3) is 11.9. The molecule has 3 aromatic carbocycles. The zero-order valence-corrected chi connectivity index (χ0v) is 41.4. The summed E-state index contributed by atoms with van der Waals surface area (Å²) in [6.07, 6.45) is 2.09. The van der Waals surface area contributed by atoms with Gasteiger partial charge in [-0.25, -0.2) is 4.79 Å². The summed E-state index contributed by atoms with van der Waals surface area (Å²) in [5.74, 6) is 0.872. The predicted octanol–water partition coefficient (Wildman–Crippen LogP) is 9.79. The quantitative estimate of drug-likeness (QED) is 0.0870. The van der Waals surface area contributed by atoms with Crippen LogP contribution in [0, 0.1) is 0 Å². The van der Waals surface area contributed by atoms with Crippen molar-refractivity contribution in [2.24, 2.45) is 0 Å². The molecule has 0 aromatic heterocycles. The van der Waals surface area contributed by atoms with Crippen LogP contribution in [0.2, 0.25) is 36.3 Å². The predicted molar refractivity (Wildman–Crippen MR) is 252 cm³/mol. The standard InChI is InChI=1S/C47H70N4O10Si2/c1-46(2,3)62(9,10)60-29-33-18-14-20-50(33)43(52)35-23-39(56-7)41(25-37(35)48)58-27-31-16-13-17-32(22-31)28-59-42-26-38(49-45(54)55)36(24-40(42)57-8)44(53)51-21-15-19-34(51)30-61-63(11,12)47(4,5)6/h13,16-17,22-26,33-34,49H,14-15,18-21,27-30,48H2,1-12H3,(H,54,55)/t33-,34-/m0/s1. The van der Waals surface area contributed by atoms with E-state index in [1.54, 1.807) is 17.0 Å². The van der Waals surface area contributed by atoms with Gasteiger partial charge in [0, 0.05) is 30.9 Å². The summed E-state index contributed by atoms with van der Waals surface area (Å²) in [5, 5.41) is 12.3. The fraction of sp³-hybridized carbons (Fsp3) is 0.553. The average Bonchev–Trinajstić information content (AvgIpc) is 3.89. The van der Waals surface area contributed by atoms with Crippen LogP contribution >= 0.6 is 0 Å². The van der Waals surface area contributed by atoms with Crippen LogP contribution in [-0.2, 0) is 22.1 Å². The lowest BCUT2D eigenvalue weighted by Crippen LogP contribution is -2.46. The molecule has 2 atom stereocenters. The van der Waals surface area contributed by atoms with Crippen molar-refractivity contribution in [1.29, 1.82) is 0 Å². The second-order valence-corrected chi connectivity index (χ2v) is 29.3. The number of benzene rings is 3. The number of carbonyl (C=O) groups is 3. The molecule has 4 N–H and O–H groups in total. The topological polar surface area (TPSA) is 171 Å². The van der Waals surface area contributed by atoms with Gasteiger partial charge in [0.25, 0.3) is 11.8 Å². The van der Waals surface area contributed by atoms with E-state index in [9.17, 15) is 19.5 Å². The van der Waals surface area contributed by atoms with Gasteiger partial charge in [-0.2, -0.15) is 0 Å². The summed E-state index contributed by atoms with van der Waals surface area (Å²) < 4.78 is 36.8. The Kier molecular flexibility index (Phi) is 15.6. The molecule has 2 aliphatic heterocycles. The molecule has 5 rings (SSSR count). The summed E-state index contributed by atoms with van der Waals surface area (Å²) in [6, 6.07) is 13.8. The zero-order valence-electron chi connectivity index (χ0n) is 39.4. The second-order valence-electron chi connectivity index (χ2n) is 19.7. The zero-order chi connectivity index (χ0) is 46.5. The lowest BCUT2D eigenvalue weighted by molar-refractivity contribution is 0.0678. The SMILES string of the molecule is COc1cc(C(=O)N2CCC[C@H]2CO[Si](C)(C)C(C)(C)C)c(N)cc1OCc1cccc(COc2cc(NC(=O)O)c(C(=O)N3CCC[C@H]3CO[Si](C)(C)C(C)(C)C)cc2OC)c1. The van der Waals surface area contributed by atoms with E-state index < -0.39 is 22.7 Å². The highest BCUT2D eigenvalue weighted by Crippen LogP contribution is 2.40. The van der Waals surface area contributed by atoms with Crippen LogP contribution in [0.5, 0.6) is 23.0 Å². The van der Waals surface area contributed by atoms with Crippen LogP contribution in [0.4, 0.5) is 16.2 Å². The second kappa shape index (κ2) is 19.9. The van der Waals surface area contributed by atoms with Gasteiger partial charge in [-0.1, -0.05) is 59.7 Å². The molecule has 2 saturated heterocycles. The van der Waals surface area contributed by atoms with E-state index >= 15 is 0 Å². The maximum Gasteiger partial charge on any atom is 0.409 e. The summed E-state index contributed by atoms with van der Waals surface area (Å²) >= 11 is 0. The number of likely N-dealkylation sites (tertiary alicyclic amines) is 2. The first-order valence-corrected chi connectivity index (χ1v) is 27.7. The van der Waals surface area contributed by atoms with Crippen molar-refractivity contribution < 1.29 is 47.3 Å². The highest BCUT2D eigenvalue weighted by Gasteiger charge is 2.41. The Labute approximate surface area is 375 Å². The number of rotatable bonds is 17. The van der Waals surface area contributed by atoms with Crippen molar-refractivity contribution in [2.45, 2.75) is 129 Å². The van der Waals surface area contributed by atoms with Gasteiger partial charge in [0.15, 0.2) is 39.6 Å². The number of nitrogen functional groups attached to an aromatic ring is 1. The number of methoxy groups -OCH3 is 2. The summed E-state index contributed by atoms with van der Waals surface area (Å²) in [4.78, 5) is 43.6. The van der Waals surface area contributed by atoms with Crippen molar-refractivity contribution in [2.75, 3.05) is 51.6 Å². The first-order chi connectivity index (χ1) is 29.5. The van der Waals surface area contributed by atoms with E-state index in [1.165, 1.54) is 26.4 Å². The van der Waals surface area contributed by atoms with Crippen LogP contribution in [0.1, 0.15) is 99.1 Å². The molecule has 2 heterocycles. The van der Waals surface area contributed by atoms with Crippen LogP contribution in [0.3, 0.4) is 0 Å². The van der Waals surface area contributed by atoms with Crippen molar-refractivity contribution >= 4 is 45.9 Å². The smallest absolute Gasteiger partial charge is 0.409 e. The minimum Gasteiger partial charge on any atom is -0.493 e. The molecule has 0 saturated carbocycles. The number of nitrogens with one attached hydrogen (secondary N) is 1. The summed E-state index contributed by atoms with van der Waals surface area (Å²) in [6.45, 7) is 24.4. The average molecular weight is 907 g/mol. The molecule has 0 aliphatic carbocycles. The maximum absolute atomic E-state index is 14.1. The molecule has 0 bridgehead atoms. The van der Waals surface area contributed by atoms with E-state index in [4.69, 9.17) is 33.5 Å². The number of carbonyl (C=O) groups excluding carboxylic acids is 2. The number of anilines is 2. The molecule has 63 heavy (non-hydrogen) atoms. The fourth-order valence-corrected chi connectivity index (χ4v) is 9.38.